The van der Waals surface area contributed by atoms with E-state index in [4.69, 9.17) is 0 Å². The number of nitrogens with one attached hydrogen (secondary N) is 1. The predicted molar refractivity (Wildman–Crippen MR) is 99.4 cm³/mol. The van der Waals surface area contributed by atoms with Gasteiger partial charge in [0.05, 0.1) is 6.54 Å². The second-order valence-electron chi connectivity index (χ2n) is 6.19. The molecule has 0 saturated carbocycles. The zero-order chi connectivity index (χ0) is 16.9. The van der Waals surface area contributed by atoms with Gasteiger partial charge in [-0.15, -0.1) is 12.4 Å². The van der Waals surface area contributed by atoms with Crippen LogP contribution in [0.3, 0.4) is 0 Å². The first-order valence-corrected chi connectivity index (χ1v) is 9.38. The van der Waals surface area contributed by atoms with Crippen molar-refractivity contribution in [2.75, 3.05) is 37.7 Å². The molecular formula is C17H23ClFN3O2S. The minimum absolute atomic E-state index is 0. The number of carbonyl (C=O) groups is 2. The van der Waals surface area contributed by atoms with Gasteiger partial charge in [-0.3, -0.25) is 9.59 Å². The van der Waals surface area contributed by atoms with Gasteiger partial charge in [0.25, 0.3) is 0 Å². The van der Waals surface area contributed by atoms with E-state index < -0.39 is 0 Å². The van der Waals surface area contributed by atoms with E-state index in [1.54, 1.807) is 21.9 Å². The van der Waals surface area contributed by atoms with Crippen molar-refractivity contribution in [2.24, 2.45) is 0 Å². The van der Waals surface area contributed by atoms with Crippen LogP contribution in [-0.4, -0.2) is 65.3 Å². The van der Waals surface area contributed by atoms with E-state index in [-0.39, 0.29) is 42.6 Å². The van der Waals surface area contributed by atoms with Crippen molar-refractivity contribution in [1.29, 1.82) is 0 Å². The number of hydrogen-bond donors (Lipinski definition) is 1. The molecule has 2 amide bonds. The molecule has 8 heteroatoms. The average Bonchev–Trinajstić information content (AvgIpc) is 2.57. The fourth-order valence-corrected chi connectivity index (χ4v) is 3.98. The fraction of sp³-hybridized carbons (Fsp3) is 0.529. The summed E-state index contributed by atoms with van der Waals surface area (Å²) >= 11 is 1.86. The van der Waals surface area contributed by atoms with Gasteiger partial charge in [-0.25, -0.2) is 4.39 Å². The van der Waals surface area contributed by atoms with E-state index in [0.29, 0.717) is 26.1 Å². The normalized spacial score (nSPS) is 21.0. The Morgan fingerprint density at radius 3 is 2.88 bits per heavy atom. The van der Waals surface area contributed by atoms with Crippen LogP contribution in [0.1, 0.15) is 12.0 Å². The average molecular weight is 388 g/mol. The van der Waals surface area contributed by atoms with Crippen molar-refractivity contribution in [1.82, 2.24) is 15.1 Å². The third-order valence-electron chi connectivity index (χ3n) is 4.35. The van der Waals surface area contributed by atoms with Crippen molar-refractivity contribution >= 4 is 36.0 Å². The number of halogens is 2. The SMILES string of the molecule is Cl.O=C(CC1CSCCN1)N1CCN(Cc2cccc(F)c2)C(=O)C1. The molecule has 1 unspecified atom stereocenters. The van der Waals surface area contributed by atoms with Gasteiger partial charge in [-0.2, -0.15) is 11.8 Å². The van der Waals surface area contributed by atoms with Crippen molar-refractivity contribution in [3.8, 4) is 0 Å². The molecular weight excluding hydrogens is 365 g/mol. The largest absolute Gasteiger partial charge is 0.335 e. The van der Waals surface area contributed by atoms with Gasteiger partial charge in [-0.1, -0.05) is 12.1 Å². The summed E-state index contributed by atoms with van der Waals surface area (Å²) in [5, 5.41) is 3.35. The lowest BCUT2D eigenvalue weighted by molar-refractivity contribution is -0.145. The van der Waals surface area contributed by atoms with Gasteiger partial charge in [0.2, 0.25) is 11.8 Å². The van der Waals surface area contributed by atoms with Crippen LogP contribution in [0.2, 0.25) is 0 Å². The van der Waals surface area contributed by atoms with Crippen LogP contribution in [0.4, 0.5) is 4.39 Å². The number of nitrogens with zero attached hydrogens (tertiary/aromatic N) is 2. The predicted octanol–water partition coefficient (Wildman–Crippen LogP) is 1.51. The first-order chi connectivity index (χ1) is 11.6. The van der Waals surface area contributed by atoms with Crippen LogP contribution in [0.25, 0.3) is 0 Å². The minimum Gasteiger partial charge on any atom is -0.335 e. The Balaban J connectivity index is 0.00000225. The van der Waals surface area contributed by atoms with E-state index in [0.717, 1.165) is 23.6 Å². The maximum absolute atomic E-state index is 13.2. The topological polar surface area (TPSA) is 52.7 Å². The molecule has 1 aromatic rings. The molecule has 5 nitrogen and oxygen atoms in total. The van der Waals surface area contributed by atoms with E-state index in [1.807, 2.05) is 11.8 Å². The van der Waals surface area contributed by atoms with Gasteiger partial charge in [0.1, 0.15) is 5.82 Å². The van der Waals surface area contributed by atoms with Gasteiger partial charge >= 0.3 is 0 Å². The summed E-state index contributed by atoms with van der Waals surface area (Å²) < 4.78 is 13.2. The van der Waals surface area contributed by atoms with Crippen molar-refractivity contribution in [2.45, 2.75) is 19.0 Å². The molecule has 2 aliphatic rings. The lowest BCUT2D eigenvalue weighted by Crippen LogP contribution is -2.53. The Bertz CT molecular complexity index is 613. The van der Waals surface area contributed by atoms with Crippen LogP contribution in [-0.2, 0) is 16.1 Å². The molecule has 0 aliphatic carbocycles. The zero-order valence-electron chi connectivity index (χ0n) is 13.9. The molecule has 0 bridgehead atoms. The molecule has 138 valence electrons. The molecule has 1 aromatic carbocycles. The van der Waals surface area contributed by atoms with E-state index >= 15 is 0 Å². The van der Waals surface area contributed by atoms with Crippen molar-refractivity contribution in [3.63, 3.8) is 0 Å². The van der Waals surface area contributed by atoms with Crippen LogP contribution in [0, 0.1) is 5.82 Å². The smallest absolute Gasteiger partial charge is 0.242 e. The second-order valence-corrected chi connectivity index (χ2v) is 7.34. The summed E-state index contributed by atoms with van der Waals surface area (Å²) in [7, 11) is 0. The quantitative estimate of drug-likeness (QED) is 0.851. The monoisotopic (exact) mass is 387 g/mol. The highest BCUT2D eigenvalue weighted by Crippen LogP contribution is 2.14. The highest BCUT2D eigenvalue weighted by molar-refractivity contribution is 7.99. The molecule has 1 atom stereocenters. The van der Waals surface area contributed by atoms with Gasteiger partial charge < -0.3 is 15.1 Å². The van der Waals surface area contributed by atoms with Crippen molar-refractivity contribution < 1.29 is 14.0 Å². The fourth-order valence-electron chi connectivity index (χ4n) is 3.03. The second kappa shape index (κ2) is 9.40. The third kappa shape index (κ3) is 5.59. The maximum atomic E-state index is 13.2. The standard InChI is InChI=1S/C17H22FN3O2S.ClH/c18-14-3-1-2-13(8-14)10-20-5-6-21(11-17(20)23)16(22)9-15-12-24-7-4-19-15;/h1-3,8,15,19H,4-7,9-12H2;1H. The van der Waals surface area contributed by atoms with Crippen molar-refractivity contribution in [3.05, 3.63) is 35.6 Å². The Hall–Kier alpha value is -1.31. The highest BCUT2D eigenvalue weighted by Gasteiger charge is 2.28. The first kappa shape index (κ1) is 20.0. The number of amides is 2. The van der Waals surface area contributed by atoms with Crippen LogP contribution < -0.4 is 5.32 Å². The number of carbonyl (C=O) groups excluding carboxylic acids is 2. The number of thioether (sulfide) groups is 1. The van der Waals surface area contributed by atoms with Crippen LogP contribution >= 0.6 is 24.2 Å². The maximum Gasteiger partial charge on any atom is 0.242 e. The Kier molecular flexibility index (Phi) is 7.53. The highest BCUT2D eigenvalue weighted by atomic mass is 35.5. The molecule has 2 heterocycles. The molecule has 0 aromatic heterocycles. The molecule has 2 fully saturated rings. The number of benzene rings is 1. The lowest BCUT2D eigenvalue weighted by Gasteiger charge is -2.35. The lowest BCUT2D eigenvalue weighted by atomic mass is 10.1. The van der Waals surface area contributed by atoms with E-state index in [9.17, 15) is 14.0 Å². The summed E-state index contributed by atoms with van der Waals surface area (Å²) in [6.07, 6.45) is 0.449. The van der Waals surface area contributed by atoms with Gasteiger partial charge in [0.15, 0.2) is 0 Å². The van der Waals surface area contributed by atoms with Crippen LogP contribution in [0.15, 0.2) is 24.3 Å². The first-order valence-electron chi connectivity index (χ1n) is 8.23. The summed E-state index contributed by atoms with van der Waals surface area (Å²) in [5.41, 5.74) is 0.770. The van der Waals surface area contributed by atoms with Crippen LogP contribution in [0.5, 0.6) is 0 Å². The Labute approximate surface area is 157 Å². The van der Waals surface area contributed by atoms with E-state index in [2.05, 4.69) is 5.32 Å². The minimum atomic E-state index is -0.299. The van der Waals surface area contributed by atoms with E-state index in [1.165, 1.54) is 12.1 Å². The summed E-state index contributed by atoms with van der Waals surface area (Å²) in [6.45, 7) is 2.48. The summed E-state index contributed by atoms with van der Waals surface area (Å²) in [6, 6.07) is 6.48. The molecule has 0 radical (unpaired) electrons. The molecule has 2 saturated heterocycles. The molecule has 0 spiro atoms. The number of hydrogen-bond acceptors (Lipinski definition) is 4. The zero-order valence-corrected chi connectivity index (χ0v) is 15.6. The summed E-state index contributed by atoms with van der Waals surface area (Å²) in [5.74, 6) is 1.69. The van der Waals surface area contributed by atoms with Gasteiger partial charge in [0, 0.05) is 50.1 Å². The molecule has 25 heavy (non-hydrogen) atoms. The molecule has 2 aliphatic heterocycles. The van der Waals surface area contributed by atoms with Gasteiger partial charge in [-0.05, 0) is 17.7 Å². The molecule has 3 rings (SSSR count). The Morgan fingerprint density at radius 2 is 2.20 bits per heavy atom. The number of rotatable bonds is 4. The molecule has 1 N–H and O–H groups in total. The number of piperazine rings is 1. The third-order valence-corrected chi connectivity index (χ3v) is 5.48. The Morgan fingerprint density at radius 1 is 1.36 bits per heavy atom. The summed E-state index contributed by atoms with van der Waals surface area (Å²) in [4.78, 5) is 28.0.